The van der Waals surface area contributed by atoms with E-state index in [1.165, 1.54) is 6.33 Å². The molecule has 1 amide bonds. The van der Waals surface area contributed by atoms with Gasteiger partial charge >= 0.3 is 0 Å². The molecule has 0 unspecified atom stereocenters. The fourth-order valence-electron chi connectivity index (χ4n) is 2.77. The fraction of sp³-hybridized carbons (Fsp3) is 0.286. The number of rotatable bonds is 9. The predicted molar refractivity (Wildman–Crippen MR) is 107 cm³/mol. The molecule has 3 aromatic rings. The van der Waals surface area contributed by atoms with Crippen molar-refractivity contribution in [3.8, 4) is 11.5 Å². The number of nitrogens with zero attached hydrogens (tertiary/aromatic N) is 3. The molecule has 28 heavy (non-hydrogen) atoms. The Balaban J connectivity index is 1.43. The maximum atomic E-state index is 12.2. The van der Waals surface area contributed by atoms with Crippen LogP contribution in [-0.4, -0.2) is 33.9 Å². The molecular weight excluding hydrogens is 356 g/mol. The molecule has 0 saturated carbocycles. The van der Waals surface area contributed by atoms with Gasteiger partial charge in [0.05, 0.1) is 19.6 Å². The van der Waals surface area contributed by atoms with Crippen molar-refractivity contribution in [1.82, 2.24) is 14.8 Å². The molecule has 0 saturated heterocycles. The summed E-state index contributed by atoms with van der Waals surface area (Å²) >= 11 is 0. The van der Waals surface area contributed by atoms with Gasteiger partial charge < -0.3 is 14.8 Å². The standard InChI is InChI=1S/C21H24N4O3/c1-16-10-17(2)12-20(11-16)27-8-6-21(26)24-18-4-3-5-19(13-18)28-9-7-25-15-22-14-23-25/h3-5,10-15H,6-9H2,1-2H3,(H,24,26). The summed E-state index contributed by atoms with van der Waals surface area (Å²) in [5, 5.41) is 6.89. The van der Waals surface area contributed by atoms with Gasteiger partial charge in [0.2, 0.25) is 5.91 Å². The molecule has 0 atom stereocenters. The summed E-state index contributed by atoms with van der Waals surface area (Å²) in [6.45, 7) is 5.43. The summed E-state index contributed by atoms with van der Waals surface area (Å²) in [4.78, 5) is 16.1. The fourth-order valence-corrected chi connectivity index (χ4v) is 2.77. The van der Waals surface area contributed by atoms with Crippen molar-refractivity contribution in [3.63, 3.8) is 0 Å². The van der Waals surface area contributed by atoms with Crippen LogP contribution in [0.5, 0.6) is 11.5 Å². The van der Waals surface area contributed by atoms with Crippen LogP contribution in [0.4, 0.5) is 5.69 Å². The Hall–Kier alpha value is -3.35. The van der Waals surface area contributed by atoms with E-state index in [0.717, 1.165) is 16.9 Å². The van der Waals surface area contributed by atoms with Gasteiger partial charge in [-0.1, -0.05) is 12.1 Å². The molecule has 0 radical (unpaired) electrons. The Morgan fingerprint density at radius 2 is 1.82 bits per heavy atom. The van der Waals surface area contributed by atoms with Crippen LogP contribution in [0.25, 0.3) is 0 Å². The zero-order chi connectivity index (χ0) is 19.8. The van der Waals surface area contributed by atoms with Crippen molar-refractivity contribution in [1.29, 1.82) is 0 Å². The number of aryl methyl sites for hydroxylation is 2. The first-order chi connectivity index (χ1) is 13.6. The lowest BCUT2D eigenvalue weighted by molar-refractivity contribution is -0.116. The van der Waals surface area contributed by atoms with Gasteiger partial charge in [0, 0.05) is 11.8 Å². The molecule has 146 valence electrons. The molecule has 7 heteroatoms. The number of nitrogens with one attached hydrogen (secondary N) is 1. The molecular formula is C21H24N4O3. The lowest BCUT2D eigenvalue weighted by atomic mass is 10.1. The van der Waals surface area contributed by atoms with Crippen LogP contribution in [0.3, 0.4) is 0 Å². The zero-order valence-corrected chi connectivity index (χ0v) is 16.1. The molecule has 1 N–H and O–H groups in total. The van der Waals surface area contributed by atoms with Gasteiger partial charge in [-0.05, 0) is 49.2 Å². The van der Waals surface area contributed by atoms with Crippen LogP contribution < -0.4 is 14.8 Å². The second-order valence-corrected chi connectivity index (χ2v) is 6.50. The van der Waals surface area contributed by atoms with Crippen molar-refractivity contribution in [2.45, 2.75) is 26.8 Å². The first kappa shape index (κ1) is 19.4. The molecule has 1 aromatic heterocycles. The quantitative estimate of drug-likeness (QED) is 0.616. The molecule has 0 bridgehead atoms. The summed E-state index contributed by atoms with van der Waals surface area (Å²) in [7, 11) is 0. The SMILES string of the molecule is Cc1cc(C)cc(OCCC(=O)Nc2cccc(OCCn3cncn3)c2)c1. The summed E-state index contributed by atoms with van der Waals surface area (Å²) in [5.74, 6) is 1.36. The van der Waals surface area contributed by atoms with E-state index in [2.05, 4.69) is 21.5 Å². The monoisotopic (exact) mass is 380 g/mol. The molecule has 0 aliphatic rings. The number of carbonyl (C=O) groups is 1. The number of aromatic nitrogens is 3. The zero-order valence-electron chi connectivity index (χ0n) is 16.1. The van der Waals surface area contributed by atoms with Crippen LogP contribution in [0.1, 0.15) is 17.5 Å². The predicted octanol–water partition coefficient (Wildman–Crippen LogP) is 3.38. The van der Waals surface area contributed by atoms with E-state index < -0.39 is 0 Å². The molecule has 3 rings (SSSR count). The molecule has 2 aromatic carbocycles. The highest BCUT2D eigenvalue weighted by molar-refractivity contribution is 5.90. The van der Waals surface area contributed by atoms with E-state index >= 15 is 0 Å². The molecule has 7 nitrogen and oxygen atoms in total. The number of amides is 1. The Morgan fingerprint density at radius 3 is 2.57 bits per heavy atom. The van der Waals surface area contributed by atoms with Crippen LogP contribution in [-0.2, 0) is 11.3 Å². The number of anilines is 1. The highest BCUT2D eigenvalue weighted by atomic mass is 16.5. The van der Waals surface area contributed by atoms with Gasteiger partial charge in [-0.3, -0.25) is 4.79 Å². The highest BCUT2D eigenvalue weighted by Crippen LogP contribution is 2.18. The third-order valence-electron chi connectivity index (χ3n) is 3.97. The lowest BCUT2D eigenvalue weighted by Gasteiger charge is -2.10. The Labute approximate surface area is 164 Å². The number of hydrogen-bond donors (Lipinski definition) is 1. The molecule has 0 aliphatic carbocycles. The minimum atomic E-state index is -0.107. The third-order valence-corrected chi connectivity index (χ3v) is 3.97. The van der Waals surface area contributed by atoms with Gasteiger partial charge in [-0.25, -0.2) is 9.67 Å². The maximum absolute atomic E-state index is 12.2. The van der Waals surface area contributed by atoms with Crippen molar-refractivity contribution in [2.75, 3.05) is 18.5 Å². The van der Waals surface area contributed by atoms with Gasteiger partial charge in [-0.2, -0.15) is 5.10 Å². The maximum Gasteiger partial charge on any atom is 0.227 e. The van der Waals surface area contributed by atoms with Crippen molar-refractivity contribution < 1.29 is 14.3 Å². The Kier molecular flexibility index (Phi) is 6.62. The first-order valence-electron chi connectivity index (χ1n) is 9.15. The van der Waals surface area contributed by atoms with E-state index in [1.54, 1.807) is 17.1 Å². The Bertz CT molecular complexity index is 890. The molecule has 0 fully saturated rings. The molecule has 1 heterocycles. The van der Waals surface area contributed by atoms with Crippen LogP contribution in [0.2, 0.25) is 0 Å². The number of hydrogen-bond acceptors (Lipinski definition) is 5. The summed E-state index contributed by atoms with van der Waals surface area (Å²) in [6.07, 6.45) is 3.39. The van der Waals surface area contributed by atoms with Crippen molar-refractivity contribution in [3.05, 3.63) is 66.2 Å². The largest absolute Gasteiger partial charge is 0.493 e. The number of carbonyl (C=O) groups excluding carboxylic acids is 1. The normalized spacial score (nSPS) is 10.5. The lowest BCUT2D eigenvalue weighted by Crippen LogP contribution is -2.15. The first-order valence-corrected chi connectivity index (χ1v) is 9.15. The van der Waals surface area contributed by atoms with Crippen LogP contribution in [0, 0.1) is 13.8 Å². The van der Waals surface area contributed by atoms with Gasteiger partial charge in [-0.15, -0.1) is 0 Å². The van der Waals surface area contributed by atoms with Crippen molar-refractivity contribution in [2.24, 2.45) is 0 Å². The molecule has 0 aliphatic heterocycles. The Morgan fingerprint density at radius 1 is 1.04 bits per heavy atom. The smallest absolute Gasteiger partial charge is 0.227 e. The average molecular weight is 380 g/mol. The summed E-state index contributed by atoms with van der Waals surface area (Å²) in [6, 6.07) is 13.3. The van der Waals surface area contributed by atoms with E-state index in [-0.39, 0.29) is 12.3 Å². The van der Waals surface area contributed by atoms with Crippen molar-refractivity contribution >= 4 is 11.6 Å². The highest BCUT2D eigenvalue weighted by Gasteiger charge is 2.05. The van der Waals surface area contributed by atoms with E-state index in [0.29, 0.717) is 31.2 Å². The van der Waals surface area contributed by atoms with Gasteiger partial charge in [0.1, 0.15) is 30.8 Å². The van der Waals surface area contributed by atoms with Gasteiger partial charge in [0.15, 0.2) is 0 Å². The minimum Gasteiger partial charge on any atom is -0.493 e. The second kappa shape index (κ2) is 9.55. The molecule has 0 spiro atoms. The van der Waals surface area contributed by atoms with Crippen LogP contribution >= 0.6 is 0 Å². The van der Waals surface area contributed by atoms with E-state index in [9.17, 15) is 4.79 Å². The van der Waals surface area contributed by atoms with Crippen LogP contribution in [0.15, 0.2) is 55.1 Å². The van der Waals surface area contributed by atoms with E-state index in [1.807, 2.05) is 44.2 Å². The topological polar surface area (TPSA) is 78.3 Å². The number of ether oxygens (including phenoxy) is 2. The minimum absolute atomic E-state index is 0.107. The number of benzene rings is 2. The third kappa shape index (κ3) is 6.12. The average Bonchev–Trinajstić information content (AvgIpc) is 3.15. The van der Waals surface area contributed by atoms with E-state index in [4.69, 9.17) is 9.47 Å². The second-order valence-electron chi connectivity index (χ2n) is 6.50. The van der Waals surface area contributed by atoms with Gasteiger partial charge in [0.25, 0.3) is 0 Å². The summed E-state index contributed by atoms with van der Waals surface area (Å²) in [5.41, 5.74) is 2.97. The summed E-state index contributed by atoms with van der Waals surface area (Å²) < 4.78 is 13.1.